The lowest BCUT2D eigenvalue weighted by molar-refractivity contribution is -0.120. The Morgan fingerprint density at radius 2 is 1.05 bits per heavy atom. The number of hydrogen-bond acceptors (Lipinski definition) is 2. The number of hydrogen-bond donors (Lipinski definition) is 1. The van der Waals surface area contributed by atoms with E-state index in [2.05, 4.69) is 0 Å². The molecule has 2 nitrogen and oxygen atoms in total. The van der Waals surface area contributed by atoms with Gasteiger partial charge in [-0.3, -0.25) is 4.79 Å². The molecular weight excluding hydrogens is 258 g/mol. The molecule has 0 aromatic carbocycles. The van der Waals surface area contributed by atoms with Crippen molar-refractivity contribution in [3.63, 3.8) is 0 Å². The van der Waals surface area contributed by atoms with Gasteiger partial charge in [0.1, 0.15) is 0 Å². The van der Waals surface area contributed by atoms with Gasteiger partial charge in [0.25, 0.3) is 0 Å². The minimum Gasteiger partial charge on any atom is -0.404 e. The van der Waals surface area contributed by atoms with Crippen LogP contribution < -0.4 is 5.73 Å². The van der Waals surface area contributed by atoms with E-state index in [4.69, 9.17) is 5.73 Å². The molecule has 0 amide bonds. The van der Waals surface area contributed by atoms with E-state index in [1.54, 1.807) is 6.20 Å². The van der Waals surface area contributed by atoms with E-state index in [-0.39, 0.29) is 5.92 Å². The highest BCUT2D eigenvalue weighted by atomic mass is 16.1. The van der Waals surface area contributed by atoms with Crippen LogP contribution in [0.25, 0.3) is 0 Å². The smallest absolute Gasteiger partial charge is 0.163 e. The van der Waals surface area contributed by atoms with Crippen molar-refractivity contribution in [2.45, 2.75) is 89.9 Å². The zero-order valence-corrected chi connectivity index (χ0v) is 13.6. The monoisotopic (exact) mass is 291 g/mol. The molecule has 2 rings (SSSR count). The summed E-state index contributed by atoms with van der Waals surface area (Å²) in [6.45, 7) is 0. The summed E-state index contributed by atoms with van der Waals surface area (Å²) in [4.78, 5) is 12.9. The highest BCUT2D eigenvalue weighted by Crippen LogP contribution is 2.32. The van der Waals surface area contributed by atoms with Crippen LogP contribution in [0.15, 0.2) is 11.8 Å². The lowest BCUT2D eigenvalue weighted by atomic mass is 9.78. The Hall–Kier alpha value is -0.790. The molecule has 2 aliphatic rings. The van der Waals surface area contributed by atoms with Gasteiger partial charge in [-0.05, 0) is 31.6 Å². The van der Waals surface area contributed by atoms with E-state index >= 15 is 0 Å². The van der Waals surface area contributed by atoms with Gasteiger partial charge in [0, 0.05) is 17.7 Å². The number of rotatable bonds is 3. The van der Waals surface area contributed by atoms with Crippen molar-refractivity contribution in [1.82, 2.24) is 0 Å². The van der Waals surface area contributed by atoms with Gasteiger partial charge >= 0.3 is 0 Å². The summed E-state index contributed by atoms with van der Waals surface area (Å²) in [5.41, 5.74) is 6.86. The van der Waals surface area contributed by atoms with Crippen LogP contribution in [0.1, 0.15) is 89.9 Å². The maximum absolute atomic E-state index is 12.9. The molecule has 0 aliphatic heterocycles. The van der Waals surface area contributed by atoms with Crippen LogP contribution in [0, 0.1) is 11.8 Å². The molecule has 2 fully saturated rings. The van der Waals surface area contributed by atoms with Gasteiger partial charge in [-0.15, -0.1) is 0 Å². The summed E-state index contributed by atoms with van der Waals surface area (Å²) < 4.78 is 0. The Kier molecular flexibility index (Phi) is 7.32. The van der Waals surface area contributed by atoms with Gasteiger partial charge in [-0.2, -0.15) is 0 Å². The topological polar surface area (TPSA) is 43.1 Å². The van der Waals surface area contributed by atoms with E-state index in [0.29, 0.717) is 11.7 Å². The maximum Gasteiger partial charge on any atom is 0.163 e. The molecule has 0 unspecified atom stereocenters. The summed E-state index contributed by atoms with van der Waals surface area (Å²) in [6, 6.07) is 0. The van der Waals surface area contributed by atoms with Crippen molar-refractivity contribution in [2.24, 2.45) is 17.6 Å². The number of nitrogens with two attached hydrogens (primary N) is 1. The van der Waals surface area contributed by atoms with Gasteiger partial charge in [0.2, 0.25) is 0 Å². The number of carbonyl (C=O) groups is 1. The van der Waals surface area contributed by atoms with Crippen molar-refractivity contribution < 1.29 is 4.79 Å². The zero-order valence-electron chi connectivity index (χ0n) is 13.6. The normalized spacial score (nSPS) is 24.7. The van der Waals surface area contributed by atoms with Gasteiger partial charge in [-0.1, -0.05) is 64.2 Å². The van der Waals surface area contributed by atoms with Crippen molar-refractivity contribution in [1.29, 1.82) is 0 Å². The van der Waals surface area contributed by atoms with E-state index in [0.717, 1.165) is 18.4 Å². The number of Topliss-reactive ketones (excluding diaryl/α,β-unsaturated/α-hetero) is 1. The zero-order chi connectivity index (χ0) is 14.9. The Morgan fingerprint density at radius 3 is 1.48 bits per heavy atom. The third-order valence-corrected chi connectivity index (χ3v) is 5.49. The fraction of sp³-hybridized carbons (Fsp3) is 0.842. The molecule has 0 aromatic rings. The van der Waals surface area contributed by atoms with Crippen LogP contribution in [-0.4, -0.2) is 5.78 Å². The standard InChI is InChI=1S/C19H33NO/c20-15-18(16-11-7-3-1-4-8-12-16)19(21)17-13-9-5-2-6-10-14-17/h15-17H,1-14,20H2/b18-15-. The van der Waals surface area contributed by atoms with Gasteiger partial charge in [0.15, 0.2) is 5.78 Å². The van der Waals surface area contributed by atoms with E-state index in [9.17, 15) is 4.79 Å². The molecule has 21 heavy (non-hydrogen) atoms. The summed E-state index contributed by atoms with van der Waals surface area (Å²) in [5.74, 6) is 1.09. The molecule has 2 saturated carbocycles. The predicted octanol–water partition coefficient (Wildman–Crippen LogP) is 5.12. The average Bonchev–Trinajstić information content (AvgIpc) is 2.41. The minimum absolute atomic E-state index is 0.255. The van der Waals surface area contributed by atoms with Crippen LogP contribution in [0.5, 0.6) is 0 Å². The second kappa shape index (κ2) is 9.27. The Bertz CT molecular complexity index is 331. The molecule has 0 bridgehead atoms. The molecular formula is C19H33NO. The fourth-order valence-electron chi connectivity index (χ4n) is 4.14. The second-order valence-electron chi connectivity index (χ2n) is 7.07. The lowest BCUT2D eigenvalue weighted by Crippen LogP contribution is -2.24. The molecule has 0 spiro atoms. The molecule has 0 saturated heterocycles. The third-order valence-electron chi connectivity index (χ3n) is 5.49. The summed E-state index contributed by atoms with van der Waals surface area (Å²) in [7, 11) is 0. The summed E-state index contributed by atoms with van der Waals surface area (Å²) in [5, 5.41) is 0. The van der Waals surface area contributed by atoms with Crippen molar-refractivity contribution in [3.8, 4) is 0 Å². The summed E-state index contributed by atoms with van der Waals surface area (Å²) in [6.07, 6.45) is 19.1. The Labute approximate surface area is 130 Å². The van der Waals surface area contributed by atoms with E-state index in [1.165, 1.54) is 77.0 Å². The molecule has 120 valence electrons. The maximum atomic E-state index is 12.9. The molecule has 0 atom stereocenters. The SMILES string of the molecule is N/C=C(\C(=O)C1CCCCCCC1)C1CCCCCCC1. The Balaban J connectivity index is 1.98. The third kappa shape index (κ3) is 5.16. The summed E-state index contributed by atoms with van der Waals surface area (Å²) >= 11 is 0. The molecule has 0 aromatic heterocycles. The highest BCUT2D eigenvalue weighted by Gasteiger charge is 2.27. The number of ketones is 1. The predicted molar refractivity (Wildman–Crippen MR) is 88.9 cm³/mol. The van der Waals surface area contributed by atoms with E-state index < -0.39 is 0 Å². The molecule has 2 aliphatic carbocycles. The quantitative estimate of drug-likeness (QED) is 0.733. The highest BCUT2D eigenvalue weighted by molar-refractivity contribution is 5.97. The molecule has 2 heteroatoms. The van der Waals surface area contributed by atoms with Crippen LogP contribution in [0.4, 0.5) is 0 Å². The van der Waals surface area contributed by atoms with Crippen molar-refractivity contribution in [2.75, 3.05) is 0 Å². The van der Waals surface area contributed by atoms with E-state index in [1.807, 2.05) is 0 Å². The largest absolute Gasteiger partial charge is 0.404 e. The fourth-order valence-corrected chi connectivity index (χ4v) is 4.14. The molecule has 0 heterocycles. The minimum atomic E-state index is 0.255. The van der Waals surface area contributed by atoms with Crippen molar-refractivity contribution >= 4 is 5.78 Å². The average molecular weight is 291 g/mol. The first kappa shape index (κ1) is 16.6. The van der Waals surface area contributed by atoms with Gasteiger partial charge in [0.05, 0.1) is 0 Å². The van der Waals surface area contributed by atoms with Crippen LogP contribution in [-0.2, 0) is 4.79 Å². The first-order valence-corrected chi connectivity index (χ1v) is 9.29. The number of carbonyl (C=O) groups excluding carboxylic acids is 1. The van der Waals surface area contributed by atoms with Crippen LogP contribution >= 0.6 is 0 Å². The van der Waals surface area contributed by atoms with Crippen molar-refractivity contribution in [3.05, 3.63) is 11.8 Å². The van der Waals surface area contributed by atoms with Crippen LogP contribution in [0.2, 0.25) is 0 Å². The van der Waals surface area contributed by atoms with Gasteiger partial charge in [-0.25, -0.2) is 0 Å². The Morgan fingerprint density at radius 1 is 0.667 bits per heavy atom. The second-order valence-corrected chi connectivity index (χ2v) is 7.07. The first-order valence-electron chi connectivity index (χ1n) is 9.29. The van der Waals surface area contributed by atoms with Crippen LogP contribution in [0.3, 0.4) is 0 Å². The lowest BCUT2D eigenvalue weighted by Gasteiger charge is -2.25. The van der Waals surface area contributed by atoms with Gasteiger partial charge < -0.3 is 5.73 Å². The first-order chi connectivity index (χ1) is 10.3. The molecule has 2 N–H and O–H groups in total. The number of allylic oxidation sites excluding steroid dienone is 1. The molecule has 0 radical (unpaired) electrons.